The third-order valence-electron chi connectivity index (χ3n) is 4.77. The summed E-state index contributed by atoms with van der Waals surface area (Å²) in [4.78, 5) is 15.1. The SMILES string of the molecule is CCN(CC)c1cc(Nc2ccc(NS(=O)(=O)c3cn(C(C)C)cn3)cc2)nc(C)n1. The Morgan fingerprint density at radius 1 is 1.06 bits per heavy atom. The van der Waals surface area contributed by atoms with E-state index in [1.54, 1.807) is 28.8 Å². The van der Waals surface area contributed by atoms with E-state index in [2.05, 4.69) is 43.7 Å². The predicted octanol–water partition coefficient (Wildman–Crippen LogP) is 3.95. The standard InChI is InChI=1S/C21H29N7O2S/c1-6-27(7-2)20-12-19(23-16(5)24-20)25-17-8-10-18(11-9-17)26-31(29,30)21-13-28(14-22-21)15(3)4/h8-15,26H,6-7H2,1-5H3,(H,23,24,25). The van der Waals surface area contributed by atoms with E-state index in [0.29, 0.717) is 17.3 Å². The molecule has 0 spiro atoms. The van der Waals surface area contributed by atoms with Crippen LogP contribution in [0.1, 0.15) is 39.6 Å². The lowest BCUT2D eigenvalue weighted by Gasteiger charge is -2.20. The van der Waals surface area contributed by atoms with Crippen LogP contribution in [0.3, 0.4) is 0 Å². The zero-order chi connectivity index (χ0) is 22.6. The smallest absolute Gasteiger partial charge is 0.280 e. The fourth-order valence-corrected chi connectivity index (χ4v) is 4.04. The molecule has 0 bridgehead atoms. The lowest BCUT2D eigenvalue weighted by molar-refractivity contribution is 0.591. The lowest BCUT2D eigenvalue weighted by Crippen LogP contribution is -2.23. The summed E-state index contributed by atoms with van der Waals surface area (Å²) in [5, 5.41) is 3.24. The van der Waals surface area contributed by atoms with Crippen molar-refractivity contribution < 1.29 is 8.42 Å². The summed E-state index contributed by atoms with van der Waals surface area (Å²) >= 11 is 0. The second kappa shape index (κ2) is 9.34. The molecule has 0 amide bonds. The molecule has 10 heteroatoms. The molecule has 0 aliphatic heterocycles. The van der Waals surface area contributed by atoms with E-state index in [0.717, 1.165) is 24.6 Å². The van der Waals surface area contributed by atoms with Gasteiger partial charge in [-0.3, -0.25) is 4.72 Å². The number of rotatable bonds is 9. The number of anilines is 4. The number of nitrogens with one attached hydrogen (secondary N) is 2. The van der Waals surface area contributed by atoms with Crippen LogP contribution in [0.5, 0.6) is 0 Å². The number of sulfonamides is 1. The quantitative estimate of drug-likeness (QED) is 0.516. The zero-order valence-electron chi connectivity index (χ0n) is 18.5. The first-order valence-electron chi connectivity index (χ1n) is 10.3. The Kier molecular flexibility index (Phi) is 6.79. The van der Waals surface area contributed by atoms with Gasteiger partial charge in [0.05, 0.1) is 6.33 Å². The number of nitrogens with zero attached hydrogens (tertiary/aromatic N) is 5. The minimum atomic E-state index is -3.75. The van der Waals surface area contributed by atoms with Crippen molar-refractivity contribution >= 4 is 33.0 Å². The molecule has 9 nitrogen and oxygen atoms in total. The van der Waals surface area contributed by atoms with Crippen LogP contribution in [0, 0.1) is 6.92 Å². The van der Waals surface area contributed by atoms with Crippen molar-refractivity contribution in [3.8, 4) is 0 Å². The molecule has 2 N–H and O–H groups in total. The van der Waals surface area contributed by atoms with E-state index in [1.807, 2.05) is 26.8 Å². The Labute approximate surface area is 183 Å². The Hall–Kier alpha value is -3.14. The monoisotopic (exact) mass is 443 g/mol. The molecule has 2 aromatic heterocycles. The van der Waals surface area contributed by atoms with Gasteiger partial charge in [0, 0.05) is 42.8 Å². The molecule has 3 rings (SSSR count). The normalized spacial score (nSPS) is 11.5. The fourth-order valence-electron chi connectivity index (χ4n) is 3.04. The van der Waals surface area contributed by atoms with Crippen molar-refractivity contribution in [1.29, 1.82) is 0 Å². The van der Waals surface area contributed by atoms with Crippen molar-refractivity contribution in [1.82, 2.24) is 19.5 Å². The molecular formula is C21H29N7O2S. The van der Waals surface area contributed by atoms with Gasteiger partial charge in [0.2, 0.25) is 0 Å². The first-order valence-corrected chi connectivity index (χ1v) is 11.7. The van der Waals surface area contributed by atoms with Crippen LogP contribution in [-0.4, -0.2) is 41.0 Å². The average molecular weight is 444 g/mol. The highest BCUT2D eigenvalue weighted by atomic mass is 32.2. The summed E-state index contributed by atoms with van der Waals surface area (Å²) in [6.45, 7) is 11.7. The predicted molar refractivity (Wildman–Crippen MR) is 123 cm³/mol. The molecule has 31 heavy (non-hydrogen) atoms. The minimum absolute atomic E-state index is 0.0104. The van der Waals surface area contributed by atoms with Gasteiger partial charge in [-0.05, 0) is 58.9 Å². The van der Waals surface area contributed by atoms with Gasteiger partial charge in [-0.1, -0.05) is 0 Å². The van der Waals surface area contributed by atoms with Crippen LogP contribution in [0.2, 0.25) is 0 Å². The number of benzene rings is 1. The van der Waals surface area contributed by atoms with Crippen molar-refractivity contribution in [2.24, 2.45) is 0 Å². The van der Waals surface area contributed by atoms with Crippen LogP contribution >= 0.6 is 0 Å². The molecule has 2 heterocycles. The molecule has 0 atom stereocenters. The van der Waals surface area contributed by atoms with Gasteiger partial charge in [-0.15, -0.1) is 0 Å². The minimum Gasteiger partial charge on any atom is -0.357 e. The molecule has 0 saturated heterocycles. The van der Waals surface area contributed by atoms with Crippen LogP contribution < -0.4 is 14.9 Å². The van der Waals surface area contributed by atoms with Crippen LogP contribution in [0.25, 0.3) is 0 Å². The van der Waals surface area contributed by atoms with Gasteiger partial charge < -0.3 is 14.8 Å². The highest BCUT2D eigenvalue weighted by Crippen LogP contribution is 2.22. The highest BCUT2D eigenvalue weighted by Gasteiger charge is 2.18. The summed E-state index contributed by atoms with van der Waals surface area (Å²) in [7, 11) is -3.75. The van der Waals surface area contributed by atoms with Gasteiger partial charge in [0.1, 0.15) is 17.5 Å². The van der Waals surface area contributed by atoms with E-state index >= 15 is 0 Å². The van der Waals surface area contributed by atoms with E-state index < -0.39 is 10.0 Å². The molecule has 3 aromatic rings. The summed E-state index contributed by atoms with van der Waals surface area (Å²) in [5.74, 6) is 2.23. The number of imidazole rings is 1. The van der Waals surface area contributed by atoms with Crippen LogP contribution in [-0.2, 0) is 10.0 Å². The molecule has 1 aromatic carbocycles. The largest absolute Gasteiger partial charge is 0.357 e. The number of aryl methyl sites for hydroxylation is 1. The summed E-state index contributed by atoms with van der Waals surface area (Å²) in [6, 6.07) is 9.01. The van der Waals surface area contributed by atoms with Crippen molar-refractivity contribution in [3.05, 3.63) is 48.7 Å². The van der Waals surface area contributed by atoms with Gasteiger partial charge in [0.25, 0.3) is 10.0 Å². The topological polar surface area (TPSA) is 105 Å². The number of hydrogen-bond acceptors (Lipinski definition) is 7. The highest BCUT2D eigenvalue weighted by molar-refractivity contribution is 7.92. The van der Waals surface area contributed by atoms with Gasteiger partial charge in [-0.2, -0.15) is 8.42 Å². The Bertz CT molecular complexity index is 1120. The van der Waals surface area contributed by atoms with Gasteiger partial charge in [0.15, 0.2) is 5.03 Å². The van der Waals surface area contributed by atoms with E-state index in [9.17, 15) is 8.42 Å². The zero-order valence-corrected chi connectivity index (χ0v) is 19.3. The molecule has 0 aliphatic rings. The maximum atomic E-state index is 12.6. The average Bonchev–Trinajstić information content (AvgIpc) is 3.22. The second-order valence-electron chi connectivity index (χ2n) is 7.39. The first-order chi connectivity index (χ1) is 14.7. The molecule has 0 unspecified atom stereocenters. The molecule has 166 valence electrons. The maximum absolute atomic E-state index is 12.6. The third-order valence-corrected chi connectivity index (χ3v) is 6.04. The first kappa shape index (κ1) is 22.5. The summed E-state index contributed by atoms with van der Waals surface area (Å²) in [6.07, 6.45) is 3.04. The molecule has 0 aliphatic carbocycles. The molecule has 0 saturated carbocycles. The van der Waals surface area contributed by atoms with Crippen LogP contribution in [0.15, 0.2) is 47.9 Å². The Morgan fingerprint density at radius 2 is 1.71 bits per heavy atom. The summed E-state index contributed by atoms with van der Waals surface area (Å²) in [5.41, 5.74) is 1.24. The number of aromatic nitrogens is 4. The maximum Gasteiger partial charge on any atom is 0.280 e. The second-order valence-corrected chi connectivity index (χ2v) is 9.02. The Balaban J connectivity index is 1.73. The fraction of sp³-hybridized carbons (Fsp3) is 0.381. The van der Waals surface area contributed by atoms with Crippen molar-refractivity contribution in [3.63, 3.8) is 0 Å². The van der Waals surface area contributed by atoms with Crippen molar-refractivity contribution in [2.75, 3.05) is 28.0 Å². The summed E-state index contributed by atoms with van der Waals surface area (Å²) < 4.78 is 29.5. The Morgan fingerprint density at radius 3 is 2.29 bits per heavy atom. The van der Waals surface area contributed by atoms with E-state index in [-0.39, 0.29) is 11.1 Å². The van der Waals surface area contributed by atoms with Crippen LogP contribution in [0.4, 0.5) is 23.0 Å². The van der Waals surface area contributed by atoms with Gasteiger partial charge in [-0.25, -0.2) is 15.0 Å². The molecular weight excluding hydrogens is 414 g/mol. The molecule has 0 radical (unpaired) electrons. The lowest BCUT2D eigenvalue weighted by atomic mass is 10.3. The van der Waals surface area contributed by atoms with Crippen molar-refractivity contribution in [2.45, 2.75) is 45.7 Å². The van der Waals surface area contributed by atoms with E-state index in [1.165, 1.54) is 12.5 Å². The third kappa shape index (κ3) is 5.52. The number of hydrogen-bond donors (Lipinski definition) is 2. The van der Waals surface area contributed by atoms with Gasteiger partial charge >= 0.3 is 0 Å². The molecule has 0 fully saturated rings. The van der Waals surface area contributed by atoms with E-state index in [4.69, 9.17) is 0 Å².